The van der Waals surface area contributed by atoms with Crippen molar-refractivity contribution in [2.75, 3.05) is 12.4 Å². The summed E-state index contributed by atoms with van der Waals surface area (Å²) in [6.45, 7) is 2.12. The van der Waals surface area contributed by atoms with Crippen molar-refractivity contribution in [3.05, 3.63) is 52.0 Å². The number of hydrogen-bond acceptors (Lipinski definition) is 4. The molecule has 3 rings (SSSR count). The van der Waals surface area contributed by atoms with Crippen LogP contribution in [0.15, 0.2) is 40.9 Å². The number of nitrogens with one attached hydrogen (secondary N) is 1. The maximum atomic E-state index is 12.5. The number of amides is 1. The van der Waals surface area contributed by atoms with Crippen LogP contribution in [0.1, 0.15) is 22.8 Å². The fourth-order valence-electron chi connectivity index (χ4n) is 2.21. The normalized spacial score (nSPS) is 10.7. The summed E-state index contributed by atoms with van der Waals surface area (Å²) in [7, 11) is 1.57. The van der Waals surface area contributed by atoms with Crippen LogP contribution in [-0.2, 0) is 6.42 Å². The van der Waals surface area contributed by atoms with Crippen molar-refractivity contribution in [2.24, 2.45) is 0 Å². The Morgan fingerprint density at radius 3 is 2.87 bits per heavy atom. The lowest BCUT2D eigenvalue weighted by atomic mass is 10.2. The van der Waals surface area contributed by atoms with Crippen molar-refractivity contribution in [3.63, 3.8) is 0 Å². The molecule has 6 heteroatoms. The molecule has 0 atom stereocenters. The predicted molar refractivity (Wildman–Crippen MR) is 97.6 cm³/mol. The topological polar surface area (TPSA) is 51.2 Å². The number of methoxy groups -OCH3 is 1. The monoisotopic (exact) mass is 390 g/mol. The fraction of sp³-hybridized carbons (Fsp3) is 0.176. The highest BCUT2D eigenvalue weighted by Crippen LogP contribution is 2.29. The largest absolute Gasteiger partial charge is 0.497 e. The highest BCUT2D eigenvalue weighted by Gasteiger charge is 2.14. The highest BCUT2D eigenvalue weighted by molar-refractivity contribution is 9.10. The first-order chi connectivity index (χ1) is 11.1. The summed E-state index contributed by atoms with van der Waals surface area (Å²) in [5.74, 6) is 0.417. The zero-order chi connectivity index (χ0) is 16.4. The third kappa shape index (κ3) is 3.38. The first-order valence-electron chi connectivity index (χ1n) is 7.15. The number of thiazole rings is 1. The molecule has 1 aromatic heterocycles. The molecular formula is C17H15BrN2O2S. The van der Waals surface area contributed by atoms with E-state index in [1.165, 1.54) is 16.9 Å². The zero-order valence-electron chi connectivity index (χ0n) is 12.7. The lowest BCUT2D eigenvalue weighted by Crippen LogP contribution is -2.12. The molecule has 118 valence electrons. The summed E-state index contributed by atoms with van der Waals surface area (Å²) >= 11 is 4.87. The van der Waals surface area contributed by atoms with Gasteiger partial charge in [-0.3, -0.25) is 10.1 Å². The smallest absolute Gasteiger partial charge is 0.258 e. The van der Waals surface area contributed by atoms with E-state index in [9.17, 15) is 4.79 Å². The average Bonchev–Trinajstić information content (AvgIpc) is 2.96. The molecule has 1 heterocycles. The Morgan fingerprint density at radius 2 is 2.13 bits per heavy atom. The van der Waals surface area contributed by atoms with Crippen molar-refractivity contribution in [2.45, 2.75) is 13.3 Å². The van der Waals surface area contributed by atoms with Gasteiger partial charge in [0.1, 0.15) is 5.75 Å². The van der Waals surface area contributed by atoms with E-state index >= 15 is 0 Å². The fourth-order valence-corrected chi connectivity index (χ4v) is 3.56. The minimum atomic E-state index is -0.217. The molecule has 0 aliphatic rings. The van der Waals surface area contributed by atoms with Crippen molar-refractivity contribution < 1.29 is 9.53 Å². The van der Waals surface area contributed by atoms with E-state index in [4.69, 9.17) is 4.74 Å². The highest BCUT2D eigenvalue weighted by atomic mass is 79.9. The molecule has 0 spiro atoms. The van der Waals surface area contributed by atoms with Gasteiger partial charge in [-0.05, 0) is 58.2 Å². The van der Waals surface area contributed by atoms with Crippen LogP contribution in [0, 0.1) is 0 Å². The van der Waals surface area contributed by atoms with E-state index in [0.29, 0.717) is 20.9 Å². The van der Waals surface area contributed by atoms with Gasteiger partial charge in [0.15, 0.2) is 5.13 Å². The number of aryl methyl sites for hydroxylation is 1. The minimum absolute atomic E-state index is 0.217. The third-order valence-corrected chi connectivity index (χ3v) is 5.12. The zero-order valence-corrected chi connectivity index (χ0v) is 15.1. The first kappa shape index (κ1) is 16.0. The predicted octanol–water partition coefficient (Wildman–Crippen LogP) is 4.88. The number of aromatic nitrogens is 1. The van der Waals surface area contributed by atoms with Crippen LogP contribution in [0.2, 0.25) is 0 Å². The van der Waals surface area contributed by atoms with Gasteiger partial charge in [0.2, 0.25) is 0 Å². The molecule has 4 nitrogen and oxygen atoms in total. The summed E-state index contributed by atoms with van der Waals surface area (Å²) in [5.41, 5.74) is 2.67. The summed E-state index contributed by atoms with van der Waals surface area (Å²) in [6, 6.07) is 11.4. The third-order valence-electron chi connectivity index (χ3n) is 3.50. The van der Waals surface area contributed by atoms with E-state index < -0.39 is 0 Å². The molecule has 0 saturated carbocycles. The number of carbonyl (C=O) groups excluding carboxylic acids is 1. The van der Waals surface area contributed by atoms with Crippen molar-refractivity contribution >= 4 is 48.5 Å². The number of fused-ring (bicyclic) bond motifs is 1. The van der Waals surface area contributed by atoms with Gasteiger partial charge in [0.25, 0.3) is 5.91 Å². The number of ether oxygens (including phenoxy) is 1. The molecule has 23 heavy (non-hydrogen) atoms. The maximum absolute atomic E-state index is 12.5. The van der Waals surface area contributed by atoms with E-state index in [-0.39, 0.29) is 5.91 Å². The molecule has 3 aromatic rings. The van der Waals surface area contributed by atoms with Gasteiger partial charge in [-0.15, -0.1) is 0 Å². The van der Waals surface area contributed by atoms with Crippen LogP contribution in [0.25, 0.3) is 10.2 Å². The number of nitrogens with zero attached hydrogens (tertiary/aromatic N) is 1. The van der Waals surface area contributed by atoms with Gasteiger partial charge < -0.3 is 4.74 Å². The summed E-state index contributed by atoms with van der Waals surface area (Å²) in [6.07, 6.45) is 0.978. The van der Waals surface area contributed by atoms with Crippen LogP contribution < -0.4 is 10.1 Å². The van der Waals surface area contributed by atoms with Crippen LogP contribution in [-0.4, -0.2) is 18.0 Å². The average molecular weight is 391 g/mol. The standard InChI is InChI=1S/C17H15BrN2O2S/c1-3-10-4-7-14-15(8-10)23-17(19-14)20-16(21)12-9-11(22-2)5-6-13(12)18/h4-9H,3H2,1-2H3,(H,19,20,21). The number of hydrogen-bond donors (Lipinski definition) is 1. The molecule has 0 fully saturated rings. The van der Waals surface area contributed by atoms with Gasteiger partial charge in [-0.25, -0.2) is 4.98 Å². The SMILES string of the molecule is CCc1ccc2nc(NC(=O)c3cc(OC)ccc3Br)sc2c1. The molecule has 0 saturated heterocycles. The summed E-state index contributed by atoms with van der Waals surface area (Å²) in [5, 5.41) is 3.45. The second kappa shape index (κ2) is 6.68. The number of benzene rings is 2. The number of halogens is 1. The lowest BCUT2D eigenvalue weighted by molar-refractivity contribution is 0.102. The molecule has 0 bridgehead atoms. The number of rotatable bonds is 4. The number of anilines is 1. The van der Waals surface area contributed by atoms with E-state index in [1.807, 2.05) is 6.07 Å². The Morgan fingerprint density at radius 1 is 1.30 bits per heavy atom. The van der Waals surface area contributed by atoms with E-state index in [1.54, 1.807) is 25.3 Å². The molecule has 0 aliphatic heterocycles. The Hall–Kier alpha value is -1.92. The van der Waals surface area contributed by atoms with E-state index in [2.05, 4.69) is 45.3 Å². The second-order valence-corrected chi connectivity index (χ2v) is 6.86. The van der Waals surface area contributed by atoms with Gasteiger partial charge >= 0.3 is 0 Å². The van der Waals surface area contributed by atoms with Gasteiger partial charge in [-0.2, -0.15) is 0 Å². The molecular weight excluding hydrogens is 376 g/mol. The minimum Gasteiger partial charge on any atom is -0.497 e. The molecule has 0 aliphatic carbocycles. The Kier molecular flexibility index (Phi) is 4.63. The van der Waals surface area contributed by atoms with Gasteiger partial charge in [-0.1, -0.05) is 24.3 Å². The van der Waals surface area contributed by atoms with E-state index in [0.717, 1.165) is 16.6 Å². The number of carbonyl (C=O) groups is 1. The van der Waals surface area contributed by atoms with Gasteiger partial charge in [0.05, 0.1) is 22.9 Å². The molecule has 2 aromatic carbocycles. The lowest BCUT2D eigenvalue weighted by Gasteiger charge is -2.06. The summed E-state index contributed by atoms with van der Waals surface area (Å²) < 4.78 is 6.96. The Labute approximate surface area is 146 Å². The molecule has 0 radical (unpaired) electrons. The Balaban J connectivity index is 1.88. The maximum Gasteiger partial charge on any atom is 0.258 e. The van der Waals surface area contributed by atoms with Crippen LogP contribution in [0.4, 0.5) is 5.13 Å². The van der Waals surface area contributed by atoms with Gasteiger partial charge in [0, 0.05) is 4.47 Å². The first-order valence-corrected chi connectivity index (χ1v) is 8.76. The molecule has 1 N–H and O–H groups in total. The summed E-state index contributed by atoms with van der Waals surface area (Å²) in [4.78, 5) is 16.9. The van der Waals surface area contributed by atoms with Crippen molar-refractivity contribution in [1.29, 1.82) is 0 Å². The van der Waals surface area contributed by atoms with Crippen LogP contribution >= 0.6 is 27.3 Å². The van der Waals surface area contributed by atoms with Crippen molar-refractivity contribution in [1.82, 2.24) is 4.98 Å². The van der Waals surface area contributed by atoms with Crippen molar-refractivity contribution in [3.8, 4) is 5.75 Å². The Bertz CT molecular complexity index is 876. The molecule has 0 unspecified atom stereocenters. The van der Waals surface area contributed by atoms with Crippen LogP contribution in [0.5, 0.6) is 5.75 Å². The second-order valence-electron chi connectivity index (χ2n) is 4.97. The van der Waals surface area contributed by atoms with Crippen LogP contribution in [0.3, 0.4) is 0 Å². The molecule has 1 amide bonds. The quantitative estimate of drug-likeness (QED) is 0.690.